The molecule has 147 heavy (non-hydrogen) atoms. The van der Waals surface area contributed by atoms with Gasteiger partial charge in [-0.2, -0.15) is 0 Å². The molecule has 2 aliphatic carbocycles. The molecule has 9 aromatic carbocycles. The van der Waals surface area contributed by atoms with E-state index < -0.39 is 18.3 Å². The molecule has 3 fully saturated rings. The molecule has 0 unspecified atom stereocenters. The number of phenols is 1. The lowest BCUT2D eigenvalue weighted by molar-refractivity contribution is -0.155. The van der Waals surface area contributed by atoms with E-state index in [0.29, 0.717) is 143 Å². The summed E-state index contributed by atoms with van der Waals surface area (Å²) in [6.07, 6.45) is 6.53. The number of fused-ring (bicyclic) bond motifs is 4. The van der Waals surface area contributed by atoms with Gasteiger partial charge in [0.15, 0.2) is 28.8 Å². The first-order chi connectivity index (χ1) is 70.5. The molecule has 7 aliphatic rings. The molecule has 2 saturated carbocycles. The van der Waals surface area contributed by atoms with Crippen LogP contribution in [0.4, 0.5) is 0 Å². The van der Waals surface area contributed by atoms with Crippen molar-refractivity contribution in [2.75, 3.05) is 0 Å². The average molecular weight is 2050 g/mol. The lowest BCUT2D eigenvalue weighted by atomic mass is 9.78. The number of phenolic OH excluding ortho intramolecular Hbond substituents is 1. The Morgan fingerprint density at radius 2 is 0.619 bits per heavy atom. The van der Waals surface area contributed by atoms with E-state index in [4.69, 9.17) is 56.6 Å². The molecule has 3 N–H and O–H groups in total. The van der Waals surface area contributed by atoms with Gasteiger partial charge in [-0.25, -0.2) is 0 Å². The number of carbonyl (C=O) groups is 10. The van der Waals surface area contributed by atoms with E-state index in [9.17, 15) is 53.1 Å². The first-order valence-electron chi connectivity index (χ1n) is 48.7. The summed E-state index contributed by atoms with van der Waals surface area (Å²) in [4.78, 5) is 131. The summed E-state index contributed by atoms with van der Waals surface area (Å²) in [7, 11) is -0.460. The molecule has 14 aromatic rings. The molecule has 10 heterocycles. The molecule has 8 amide bonds. The minimum atomic E-state index is -0.460. The van der Waals surface area contributed by atoms with E-state index in [-0.39, 0.29) is 127 Å². The maximum Gasteiger partial charge on any atom is 0.494 e. The van der Waals surface area contributed by atoms with Gasteiger partial charge in [0.25, 0.3) is 47.3 Å². The number of aromatic nitrogens is 5. The number of halogens is 1. The van der Waals surface area contributed by atoms with E-state index in [0.717, 1.165) is 93.3 Å². The fourth-order valence-electron chi connectivity index (χ4n) is 18.6. The Hall–Kier alpha value is -15.6. The molecular formula is C113H110BBrN10O22. The van der Waals surface area contributed by atoms with Crippen LogP contribution in [0, 0.1) is 46.5 Å². The average Bonchev–Trinajstić information content (AvgIpc) is 1.63. The molecule has 5 aliphatic heterocycles. The Kier molecular flexibility index (Phi) is 30.6. The quantitative estimate of drug-likeness (QED) is 0.0341. The van der Waals surface area contributed by atoms with Crippen LogP contribution in [-0.2, 0) is 61.1 Å². The molecule has 1 saturated heterocycles. The molecule has 754 valence electrons. The van der Waals surface area contributed by atoms with Gasteiger partial charge in [-0.3, -0.25) is 67.5 Å². The van der Waals surface area contributed by atoms with Crippen molar-refractivity contribution in [1.82, 2.24) is 45.4 Å². The second-order valence-corrected chi connectivity index (χ2v) is 39.5. The van der Waals surface area contributed by atoms with Gasteiger partial charge in [0.1, 0.15) is 17.2 Å². The van der Waals surface area contributed by atoms with Crippen LogP contribution < -0.4 is 20.7 Å². The topological polar surface area (TPSA) is 415 Å². The number of hydrogen-bond donors (Lipinski definition) is 2. The Morgan fingerprint density at radius 3 is 0.884 bits per heavy atom. The maximum absolute atomic E-state index is 12.9. The first-order valence-corrected chi connectivity index (χ1v) is 49.5. The van der Waals surface area contributed by atoms with E-state index in [1.165, 1.54) is 19.6 Å². The lowest BCUT2D eigenvalue weighted by Crippen LogP contribution is -2.41. The third kappa shape index (κ3) is 22.0. The van der Waals surface area contributed by atoms with Crippen LogP contribution in [0.1, 0.15) is 246 Å². The summed E-state index contributed by atoms with van der Waals surface area (Å²) in [5, 5.41) is 29.6. The van der Waals surface area contributed by atoms with Gasteiger partial charge in [0.05, 0.1) is 147 Å². The highest BCUT2D eigenvalue weighted by atomic mass is 79.9. The number of aromatic hydroxyl groups is 1. The van der Waals surface area contributed by atoms with Crippen molar-refractivity contribution in [1.29, 1.82) is 0 Å². The minimum absolute atomic E-state index is 0.0291. The summed E-state index contributed by atoms with van der Waals surface area (Å²) < 4.78 is 63.7. The van der Waals surface area contributed by atoms with E-state index in [1.54, 1.807) is 149 Å². The number of imide groups is 4. The zero-order valence-electron chi connectivity index (χ0n) is 83.5. The standard InChI is InChI=1S/C29H30N2O6.C25H25BN2O5.C21H28N2O4.C19H13BrN2O3.C19H14N2O4/c1-17(2)35-29(34)20-7-6-8-22(15-20)36-21-13-11-19(12-14-21)26-25(18(3)30-37-26)16-31-27(32)23-9-4-5-10-24(23)28(31)33;1-15-20(14-28-22(29)18-8-6-7-9-19(18)23(28)30)21(31-27-15)16-10-12-17(13-11-16)26-32-24(2,3)25(4,5)33-26;1-13(2)25-21(24)16-5-4-6-18(11-16)26-17-9-7-15(8-10-17)20-19(12-22)14(3)23-27-20;1-11-16(17(25-21-11)12-6-8-13(20)9-7-12)10-22-18(23)14-4-2-3-5-15(14)19(22)24;1-11-16(17(25-20-11)12-6-8-13(22)9-7-12)10-21-18(23)14-4-2-3-5-15(14)19(21)24/h4-5,9-14,17,20,22H,6-8,15-16H2,1-3H3;6-13H,14H2,1-5H3;7-10,13,16,18H,4-6,11-12,22H2,1-3H3;2-9H,10H2,1H3;2-9,22H,10H2,1H3/t20-,22-;;16-,18-;;/m0.0../s1. The molecule has 0 spiro atoms. The number of nitrogens with zero attached hydrogens (tertiary/aromatic N) is 9. The van der Waals surface area contributed by atoms with Gasteiger partial charge in [0.2, 0.25) is 0 Å². The molecule has 0 radical (unpaired) electrons. The highest BCUT2D eigenvalue weighted by Crippen LogP contribution is 2.42. The third-order valence-electron chi connectivity index (χ3n) is 27.3. The normalized spacial score (nSPS) is 17.3. The second kappa shape index (κ2) is 43.7. The van der Waals surface area contributed by atoms with Gasteiger partial charge in [-0.05, 0) is 280 Å². The van der Waals surface area contributed by atoms with E-state index >= 15 is 0 Å². The summed E-state index contributed by atoms with van der Waals surface area (Å²) >= 11 is 3.40. The van der Waals surface area contributed by atoms with Crippen molar-refractivity contribution in [2.45, 2.75) is 210 Å². The van der Waals surface area contributed by atoms with Crippen LogP contribution >= 0.6 is 15.9 Å². The van der Waals surface area contributed by atoms with Crippen molar-refractivity contribution in [2.24, 2.45) is 17.6 Å². The minimum Gasteiger partial charge on any atom is -0.508 e. The summed E-state index contributed by atoms with van der Waals surface area (Å²) in [5.41, 5.74) is 20.3. The highest BCUT2D eigenvalue weighted by molar-refractivity contribution is 9.10. The fraction of sp³-hybridized carbons (Fsp3) is 0.301. The number of ether oxygens (including phenoxy) is 4. The molecular weight excluding hydrogens is 1940 g/mol. The monoisotopic (exact) mass is 2050 g/mol. The van der Waals surface area contributed by atoms with E-state index in [1.807, 2.05) is 159 Å². The van der Waals surface area contributed by atoms with Gasteiger partial charge >= 0.3 is 19.1 Å². The second-order valence-electron chi connectivity index (χ2n) is 38.5. The Bertz CT molecular complexity index is 7010. The number of rotatable bonds is 23. The van der Waals surface area contributed by atoms with Crippen molar-refractivity contribution < 1.29 is 104 Å². The summed E-state index contributed by atoms with van der Waals surface area (Å²) in [6.45, 7) is 25.4. The molecule has 0 bridgehead atoms. The maximum atomic E-state index is 12.9. The van der Waals surface area contributed by atoms with Crippen molar-refractivity contribution in [3.05, 3.63) is 324 Å². The summed E-state index contributed by atoms with van der Waals surface area (Å²) in [6, 6.07) is 64.2. The van der Waals surface area contributed by atoms with Gasteiger partial charge < -0.3 is 61.7 Å². The SMILES string of the molecule is Cc1noc(-c2ccc(B3OC(C)(C)C(C)(C)O3)cc2)c1CN1C(=O)c2ccccc2C1=O.Cc1noc(-c2ccc(Br)cc2)c1CN1C(=O)c2ccccc2C1=O.Cc1noc(-c2ccc(O)cc2)c1CN1C(=O)c2ccccc2C1=O.Cc1noc(-c2ccc(O[C@H]3CCC[C@H](C(=O)OC(C)C)C3)cc2)c1CN.Cc1noc(-c2ccc(O[C@H]3CCC[C@H](C(=O)OC(C)C)C3)cc2)c1CN1C(=O)c2ccccc2C1=O. The van der Waals surface area contributed by atoms with Crippen LogP contribution in [0.3, 0.4) is 0 Å². The molecule has 32 nitrogen and oxygen atoms in total. The van der Waals surface area contributed by atoms with Gasteiger partial charge in [-0.1, -0.05) is 127 Å². The smallest absolute Gasteiger partial charge is 0.494 e. The number of benzene rings is 9. The molecule has 21 rings (SSSR count). The van der Waals surface area contributed by atoms with Crippen LogP contribution in [0.5, 0.6) is 17.2 Å². The largest absolute Gasteiger partial charge is 0.508 e. The summed E-state index contributed by atoms with van der Waals surface area (Å²) in [5.74, 6) is 1.48. The van der Waals surface area contributed by atoms with Crippen LogP contribution in [0.2, 0.25) is 0 Å². The third-order valence-corrected chi connectivity index (χ3v) is 27.8. The van der Waals surface area contributed by atoms with Crippen LogP contribution in [0.15, 0.2) is 245 Å². The zero-order chi connectivity index (χ0) is 104. The Labute approximate surface area is 856 Å². The Morgan fingerprint density at radius 1 is 0.374 bits per heavy atom. The van der Waals surface area contributed by atoms with Gasteiger partial charge in [-0.15, -0.1) is 0 Å². The zero-order valence-corrected chi connectivity index (χ0v) is 85.1. The van der Waals surface area contributed by atoms with Crippen molar-refractivity contribution in [3.63, 3.8) is 0 Å². The lowest BCUT2D eigenvalue weighted by Gasteiger charge is -2.32. The van der Waals surface area contributed by atoms with Crippen molar-refractivity contribution >= 4 is 87.7 Å². The molecule has 5 aromatic heterocycles. The first kappa shape index (κ1) is 103. The predicted molar refractivity (Wildman–Crippen MR) is 544 cm³/mol. The number of aryl methyl sites for hydroxylation is 5. The number of amides is 8. The number of carbonyl (C=O) groups excluding carboxylic acids is 10. The van der Waals surface area contributed by atoms with Crippen molar-refractivity contribution in [3.8, 4) is 73.9 Å². The predicted octanol–water partition coefficient (Wildman–Crippen LogP) is 20.4. The van der Waals surface area contributed by atoms with Crippen LogP contribution in [-0.4, -0.2) is 152 Å². The van der Waals surface area contributed by atoms with Crippen LogP contribution in [0.25, 0.3) is 56.6 Å². The molecule has 34 heteroatoms. The molecule has 4 atom stereocenters. The fourth-order valence-corrected chi connectivity index (χ4v) is 18.8. The number of esters is 2. The Balaban J connectivity index is 0.000000127. The number of nitrogens with two attached hydrogens (primary N) is 1. The van der Waals surface area contributed by atoms with Gasteiger partial charge in [0, 0.05) is 66.7 Å². The number of hydrogen-bond acceptors (Lipinski definition) is 28. The van der Waals surface area contributed by atoms with E-state index in [2.05, 4.69) is 41.7 Å². The highest BCUT2D eigenvalue weighted by Gasteiger charge is 2.52.